The second-order valence-electron chi connectivity index (χ2n) is 4.15. The van der Waals surface area contributed by atoms with E-state index in [1.165, 1.54) is 6.07 Å². The second kappa shape index (κ2) is 6.45. The monoisotopic (exact) mass is 311 g/mol. The average molecular weight is 312 g/mol. The van der Waals surface area contributed by atoms with Crippen molar-refractivity contribution < 1.29 is 9.13 Å². The van der Waals surface area contributed by atoms with Gasteiger partial charge < -0.3 is 21.5 Å². The van der Waals surface area contributed by atoms with Crippen LogP contribution in [0.15, 0.2) is 18.2 Å². The maximum absolute atomic E-state index is 13.7. The Bertz CT molecular complexity index is 653. The highest BCUT2D eigenvalue weighted by Crippen LogP contribution is 2.27. The zero-order chi connectivity index (χ0) is 15.4. The van der Waals surface area contributed by atoms with Crippen LogP contribution in [0.1, 0.15) is 12.5 Å². The highest BCUT2D eigenvalue weighted by Gasteiger charge is 2.12. The van der Waals surface area contributed by atoms with Crippen LogP contribution >= 0.6 is 11.6 Å². The van der Waals surface area contributed by atoms with E-state index in [-0.39, 0.29) is 29.1 Å². The first-order chi connectivity index (χ1) is 10.0. The van der Waals surface area contributed by atoms with Gasteiger partial charge in [0.1, 0.15) is 5.69 Å². The Balaban J connectivity index is 2.23. The summed E-state index contributed by atoms with van der Waals surface area (Å²) in [6.45, 7) is 2.40. The number of hydrogen-bond donors (Lipinski definition) is 3. The van der Waals surface area contributed by atoms with E-state index in [9.17, 15) is 4.39 Å². The Hall–Kier alpha value is -2.28. The third-order valence-electron chi connectivity index (χ3n) is 2.70. The minimum Gasteiger partial charge on any atom is -0.490 e. The van der Waals surface area contributed by atoms with Crippen molar-refractivity contribution in [3.63, 3.8) is 0 Å². The van der Waals surface area contributed by atoms with Crippen molar-refractivity contribution >= 4 is 29.1 Å². The summed E-state index contributed by atoms with van der Waals surface area (Å²) in [5, 5.41) is 3.01. The number of hydrogen-bond acceptors (Lipinski definition) is 6. The number of nitrogens with one attached hydrogen (secondary N) is 1. The van der Waals surface area contributed by atoms with Crippen LogP contribution in [0.3, 0.4) is 0 Å². The Morgan fingerprint density at radius 1 is 1.33 bits per heavy atom. The molecule has 0 aliphatic carbocycles. The Morgan fingerprint density at radius 2 is 2.10 bits per heavy atom. The van der Waals surface area contributed by atoms with Crippen molar-refractivity contribution in [2.24, 2.45) is 0 Å². The van der Waals surface area contributed by atoms with E-state index in [0.717, 1.165) is 0 Å². The molecule has 0 amide bonds. The minimum absolute atomic E-state index is 0.000902. The van der Waals surface area contributed by atoms with Crippen molar-refractivity contribution in [2.45, 2.75) is 13.5 Å². The molecule has 6 nitrogen and oxygen atoms in total. The highest BCUT2D eigenvalue weighted by molar-refractivity contribution is 6.32. The molecule has 2 rings (SSSR count). The molecule has 112 valence electrons. The third-order valence-corrected chi connectivity index (χ3v) is 2.99. The van der Waals surface area contributed by atoms with Gasteiger partial charge in [-0.2, -0.15) is 9.97 Å². The molecule has 0 bridgehead atoms. The number of nitrogens with zero attached hydrogens (tertiary/aromatic N) is 2. The Morgan fingerprint density at radius 3 is 2.81 bits per heavy atom. The first-order valence-electron chi connectivity index (χ1n) is 6.25. The van der Waals surface area contributed by atoms with Crippen molar-refractivity contribution in [3.05, 3.63) is 34.7 Å². The van der Waals surface area contributed by atoms with Crippen LogP contribution in [0.25, 0.3) is 0 Å². The average Bonchev–Trinajstić information content (AvgIpc) is 2.44. The van der Waals surface area contributed by atoms with Gasteiger partial charge in [-0.25, -0.2) is 4.39 Å². The quantitative estimate of drug-likeness (QED) is 0.733. The lowest BCUT2D eigenvalue weighted by Crippen LogP contribution is -2.10. The van der Waals surface area contributed by atoms with Crippen LogP contribution in [0.2, 0.25) is 5.15 Å². The van der Waals surface area contributed by atoms with Crippen LogP contribution in [-0.2, 0) is 6.54 Å². The molecule has 1 heterocycles. The molecule has 0 unspecified atom stereocenters. The number of anilines is 3. The summed E-state index contributed by atoms with van der Waals surface area (Å²) < 4.78 is 19.0. The summed E-state index contributed by atoms with van der Waals surface area (Å²) in [7, 11) is 0. The van der Waals surface area contributed by atoms with Gasteiger partial charge in [0, 0.05) is 12.1 Å². The van der Waals surface area contributed by atoms with E-state index >= 15 is 0 Å². The van der Waals surface area contributed by atoms with E-state index in [4.69, 9.17) is 27.8 Å². The Labute approximate surface area is 126 Å². The summed E-state index contributed by atoms with van der Waals surface area (Å²) in [5.41, 5.74) is 12.1. The van der Waals surface area contributed by atoms with Gasteiger partial charge in [0.15, 0.2) is 22.5 Å². The molecule has 1 aromatic heterocycles. The molecule has 1 aromatic carbocycles. The highest BCUT2D eigenvalue weighted by atomic mass is 35.5. The maximum Gasteiger partial charge on any atom is 0.223 e. The van der Waals surface area contributed by atoms with Crippen LogP contribution in [-0.4, -0.2) is 16.6 Å². The number of nitrogens with two attached hydrogens (primary N) is 2. The predicted molar refractivity (Wildman–Crippen MR) is 80.8 cm³/mol. The SMILES string of the molecule is CCOc1c(F)cccc1CNc1nc(N)nc(Cl)c1N. The van der Waals surface area contributed by atoms with Crippen molar-refractivity contribution in [3.8, 4) is 5.75 Å². The summed E-state index contributed by atoms with van der Waals surface area (Å²) >= 11 is 5.83. The van der Waals surface area contributed by atoms with Crippen molar-refractivity contribution in [1.29, 1.82) is 0 Å². The number of rotatable bonds is 5. The van der Waals surface area contributed by atoms with Crippen LogP contribution in [0.4, 0.5) is 21.8 Å². The van der Waals surface area contributed by atoms with Gasteiger partial charge in [-0.05, 0) is 13.0 Å². The van der Waals surface area contributed by atoms with Crippen LogP contribution in [0.5, 0.6) is 5.75 Å². The molecule has 0 aliphatic heterocycles. The zero-order valence-electron chi connectivity index (χ0n) is 11.4. The number of nitrogen functional groups attached to an aromatic ring is 2. The summed E-state index contributed by atoms with van der Waals surface area (Å²) in [4.78, 5) is 7.69. The molecular weight excluding hydrogens is 297 g/mol. The number of para-hydroxylation sites is 1. The molecule has 0 fully saturated rings. The van der Waals surface area contributed by atoms with Crippen LogP contribution in [0, 0.1) is 5.82 Å². The van der Waals surface area contributed by atoms with Gasteiger partial charge in [-0.1, -0.05) is 23.7 Å². The molecule has 0 spiro atoms. The van der Waals surface area contributed by atoms with E-state index in [1.807, 2.05) is 0 Å². The number of benzene rings is 1. The fraction of sp³-hybridized carbons (Fsp3) is 0.231. The number of aromatic nitrogens is 2. The number of ether oxygens (including phenoxy) is 1. The first kappa shape index (κ1) is 15.1. The van der Waals surface area contributed by atoms with Gasteiger partial charge in [0.2, 0.25) is 5.95 Å². The van der Waals surface area contributed by atoms with Gasteiger partial charge >= 0.3 is 0 Å². The summed E-state index contributed by atoms with van der Waals surface area (Å²) in [5.74, 6) is 0.0590. The zero-order valence-corrected chi connectivity index (χ0v) is 12.1. The smallest absolute Gasteiger partial charge is 0.223 e. The molecule has 5 N–H and O–H groups in total. The molecule has 2 aromatic rings. The molecule has 8 heteroatoms. The van der Waals surface area contributed by atoms with Crippen molar-refractivity contribution in [2.75, 3.05) is 23.4 Å². The maximum atomic E-state index is 13.7. The van der Waals surface area contributed by atoms with Gasteiger partial charge in [0.25, 0.3) is 0 Å². The van der Waals surface area contributed by atoms with E-state index in [2.05, 4.69) is 15.3 Å². The molecule has 0 saturated heterocycles. The molecule has 0 atom stereocenters. The molecular formula is C13H15ClFN5O. The molecule has 0 aliphatic rings. The lowest BCUT2D eigenvalue weighted by atomic mass is 10.2. The van der Waals surface area contributed by atoms with Gasteiger partial charge in [0.05, 0.1) is 6.61 Å². The molecule has 0 saturated carbocycles. The predicted octanol–water partition coefficient (Wildman–Crippen LogP) is 2.44. The van der Waals surface area contributed by atoms with Crippen molar-refractivity contribution in [1.82, 2.24) is 9.97 Å². The fourth-order valence-corrected chi connectivity index (χ4v) is 1.95. The number of halogens is 2. The fourth-order valence-electron chi connectivity index (χ4n) is 1.77. The largest absolute Gasteiger partial charge is 0.490 e. The third kappa shape index (κ3) is 3.43. The van der Waals surface area contributed by atoms with Gasteiger partial charge in [-0.3, -0.25) is 0 Å². The normalized spacial score (nSPS) is 10.4. The van der Waals surface area contributed by atoms with Gasteiger partial charge in [-0.15, -0.1) is 0 Å². The van der Waals surface area contributed by atoms with E-state index < -0.39 is 5.82 Å². The Kier molecular flexibility index (Phi) is 4.64. The topological polar surface area (TPSA) is 99.1 Å². The van der Waals surface area contributed by atoms with E-state index in [1.54, 1.807) is 19.1 Å². The molecule has 21 heavy (non-hydrogen) atoms. The van der Waals surface area contributed by atoms with E-state index in [0.29, 0.717) is 18.0 Å². The first-order valence-corrected chi connectivity index (χ1v) is 6.63. The lowest BCUT2D eigenvalue weighted by molar-refractivity contribution is 0.318. The second-order valence-corrected chi connectivity index (χ2v) is 4.51. The molecule has 0 radical (unpaired) electrons. The van der Waals surface area contributed by atoms with Crippen LogP contribution < -0.4 is 21.5 Å². The minimum atomic E-state index is -0.427. The summed E-state index contributed by atoms with van der Waals surface area (Å²) in [6, 6.07) is 4.67. The lowest BCUT2D eigenvalue weighted by Gasteiger charge is -2.13. The standard InChI is InChI=1S/C13H15ClFN5O/c1-2-21-10-7(4-3-5-8(10)15)6-18-12-9(16)11(14)19-13(17)20-12/h3-5H,2,6,16H2,1H3,(H3,17,18,19,20). The summed E-state index contributed by atoms with van der Waals surface area (Å²) in [6.07, 6.45) is 0.